The van der Waals surface area contributed by atoms with Crippen LogP contribution < -0.4 is 0 Å². The SMILES string of the molecule is O=C1C[C@H]2CCCC[C@@]23O[C@@H]1[C@H](c1ccccc1)O3. The van der Waals surface area contributed by atoms with Crippen molar-refractivity contribution in [2.24, 2.45) is 5.92 Å². The lowest BCUT2D eigenvalue weighted by atomic mass is 9.78. The molecule has 3 heteroatoms. The van der Waals surface area contributed by atoms with Crippen LogP contribution in [0.3, 0.4) is 0 Å². The third kappa shape index (κ3) is 1.68. The van der Waals surface area contributed by atoms with Crippen molar-refractivity contribution in [3.05, 3.63) is 35.9 Å². The second-order valence-corrected chi connectivity index (χ2v) is 5.91. The first kappa shape index (κ1) is 11.6. The Morgan fingerprint density at radius 2 is 1.84 bits per heavy atom. The summed E-state index contributed by atoms with van der Waals surface area (Å²) in [4.78, 5) is 12.3. The predicted molar refractivity (Wildman–Crippen MR) is 69.5 cm³/mol. The Labute approximate surface area is 112 Å². The Bertz CT molecular complexity index is 498. The van der Waals surface area contributed by atoms with Gasteiger partial charge in [-0.25, -0.2) is 0 Å². The molecule has 1 aromatic carbocycles. The number of carbonyl (C=O) groups excluding carboxylic acids is 1. The predicted octanol–water partition coefficient (Wildman–Crippen LogP) is 3.00. The molecule has 0 N–H and O–H groups in total. The summed E-state index contributed by atoms with van der Waals surface area (Å²) in [5, 5.41) is 0. The van der Waals surface area contributed by atoms with Crippen LogP contribution in [0.5, 0.6) is 0 Å². The molecular formula is C16H18O3. The van der Waals surface area contributed by atoms with Crippen LogP contribution in [-0.2, 0) is 14.3 Å². The molecule has 1 spiro atoms. The molecule has 0 amide bonds. The van der Waals surface area contributed by atoms with Crippen molar-refractivity contribution in [3.63, 3.8) is 0 Å². The molecule has 1 aliphatic carbocycles. The van der Waals surface area contributed by atoms with Gasteiger partial charge in [0, 0.05) is 18.8 Å². The maximum absolute atomic E-state index is 12.3. The van der Waals surface area contributed by atoms with E-state index in [1.54, 1.807) is 0 Å². The summed E-state index contributed by atoms with van der Waals surface area (Å²) in [5.41, 5.74) is 1.06. The third-order valence-corrected chi connectivity index (χ3v) is 4.77. The molecule has 0 aromatic heterocycles. The zero-order valence-corrected chi connectivity index (χ0v) is 10.9. The fourth-order valence-electron chi connectivity index (χ4n) is 3.81. The molecular weight excluding hydrogens is 240 g/mol. The van der Waals surface area contributed by atoms with Crippen molar-refractivity contribution in [2.75, 3.05) is 0 Å². The van der Waals surface area contributed by atoms with E-state index in [1.165, 1.54) is 6.42 Å². The van der Waals surface area contributed by atoms with Crippen LogP contribution in [0, 0.1) is 5.92 Å². The summed E-state index contributed by atoms with van der Waals surface area (Å²) >= 11 is 0. The van der Waals surface area contributed by atoms with E-state index in [-0.39, 0.29) is 17.8 Å². The second-order valence-electron chi connectivity index (χ2n) is 5.91. The fraction of sp³-hybridized carbons (Fsp3) is 0.562. The van der Waals surface area contributed by atoms with Crippen molar-refractivity contribution < 1.29 is 14.3 Å². The lowest BCUT2D eigenvalue weighted by Crippen LogP contribution is -2.48. The minimum absolute atomic E-state index is 0.211. The summed E-state index contributed by atoms with van der Waals surface area (Å²) < 4.78 is 12.4. The highest BCUT2D eigenvalue weighted by Crippen LogP contribution is 2.53. The summed E-state index contributed by atoms with van der Waals surface area (Å²) in [7, 11) is 0. The molecule has 3 nitrogen and oxygen atoms in total. The molecule has 100 valence electrons. The van der Waals surface area contributed by atoms with Gasteiger partial charge in [0.2, 0.25) is 0 Å². The van der Waals surface area contributed by atoms with Gasteiger partial charge in [-0.15, -0.1) is 0 Å². The van der Waals surface area contributed by atoms with E-state index in [2.05, 4.69) is 0 Å². The van der Waals surface area contributed by atoms with Crippen LogP contribution in [0.15, 0.2) is 30.3 Å². The number of hydrogen-bond donors (Lipinski definition) is 0. The Balaban J connectivity index is 1.71. The van der Waals surface area contributed by atoms with Crippen LogP contribution in [0.1, 0.15) is 43.8 Å². The van der Waals surface area contributed by atoms with Crippen LogP contribution in [0.4, 0.5) is 0 Å². The summed E-state index contributed by atoms with van der Waals surface area (Å²) in [6.07, 6.45) is 4.35. The van der Waals surface area contributed by atoms with Gasteiger partial charge >= 0.3 is 0 Å². The van der Waals surface area contributed by atoms with Gasteiger partial charge in [-0.3, -0.25) is 4.79 Å². The molecule has 0 radical (unpaired) electrons. The quantitative estimate of drug-likeness (QED) is 0.776. The van der Waals surface area contributed by atoms with Gasteiger partial charge in [-0.05, 0) is 18.4 Å². The van der Waals surface area contributed by atoms with E-state index in [1.807, 2.05) is 30.3 Å². The molecule has 1 saturated carbocycles. The van der Waals surface area contributed by atoms with Crippen molar-refractivity contribution in [3.8, 4) is 0 Å². The molecule has 1 aromatic rings. The first-order valence-corrected chi connectivity index (χ1v) is 7.22. The molecule has 3 aliphatic rings. The molecule has 2 saturated heterocycles. The van der Waals surface area contributed by atoms with Gasteiger partial charge in [0.1, 0.15) is 12.2 Å². The van der Waals surface area contributed by atoms with Gasteiger partial charge in [0.05, 0.1) is 0 Å². The van der Waals surface area contributed by atoms with Crippen molar-refractivity contribution in [2.45, 2.75) is 50.1 Å². The van der Waals surface area contributed by atoms with Gasteiger partial charge in [0.25, 0.3) is 0 Å². The summed E-state index contributed by atoms with van der Waals surface area (Å²) in [6.45, 7) is 0. The van der Waals surface area contributed by atoms with E-state index in [0.717, 1.165) is 24.8 Å². The average Bonchev–Trinajstić information content (AvgIpc) is 2.78. The van der Waals surface area contributed by atoms with E-state index >= 15 is 0 Å². The van der Waals surface area contributed by atoms with Gasteiger partial charge in [0.15, 0.2) is 11.6 Å². The molecule has 2 bridgehead atoms. The molecule has 4 atom stereocenters. The Kier molecular flexibility index (Phi) is 2.54. The number of hydrogen-bond acceptors (Lipinski definition) is 3. The monoisotopic (exact) mass is 258 g/mol. The molecule has 4 rings (SSSR count). The first-order valence-electron chi connectivity index (χ1n) is 7.22. The van der Waals surface area contributed by atoms with Crippen LogP contribution in [0.2, 0.25) is 0 Å². The highest BCUT2D eigenvalue weighted by Gasteiger charge is 2.59. The minimum Gasteiger partial charge on any atom is -0.338 e. The maximum Gasteiger partial charge on any atom is 0.173 e. The van der Waals surface area contributed by atoms with Crippen LogP contribution >= 0.6 is 0 Å². The Morgan fingerprint density at radius 3 is 2.68 bits per heavy atom. The number of fused-ring (bicyclic) bond motifs is 1. The zero-order chi connectivity index (χ0) is 12.9. The fourth-order valence-corrected chi connectivity index (χ4v) is 3.81. The largest absolute Gasteiger partial charge is 0.338 e. The number of ketones is 1. The van der Waals surface area contributed by atoms with Gasteiger partial charge in [-0.2, -0.15) is 0 Å². The lowest BCUT2D eigenvalue weighted by Gasteiger charge is -2.41. The molecule has 0 unspecified atom stereocenters. The van der Waals surface area contributed by atoms with E-state index in [0.29, 0.717) is 6.42 Å². The second kappa shape index (κ2) is 4.15. The van der Waals surface area contributed by atoms with E-state index in [4.69, 9.17) is 9.47 Å². The number of carbonyl (C=O) groups is 1. The molecule has 3 fully saturated rings. The first-order chi connectivity index (χ1) is 9.28. The normalized spacial score (nSPS) is 41.1. The number of Topliss-reactive ketones (excluding diaryl/α,β-unsaturated/α-hetero) is 1. The van der Waals surface area contributed by atoms with Crippen molar-refractivity contribution in [1.29, 1.82) is 0 Å². The molecule has 2 heterocycles. The van der Waals surface area contributed by atoms with Crippen LogP contribution in [-0.4, -0.2) is 17.7 Å². The lowest BCUT2D eigenvalue weighted by molar-refractivity contribution is -0.238. The standard InChI is InChI=1S/C16H18O3/c17-13-10-12-8-4-5-9-16(12)18-14(15(13)19-16)11-6-2-1-3-7-11/h1-3,6-7,12,14-15H,4-5,8-10H2/t12-,14+,15+,16-/m1/s1. The van der Waals surface area contributed by atoms with Crippen LogP contribution in [0.25, 0.3) is 0 Å². The maximum atomic E-state index is 12.3. The average molecular weight is 258 g/mol. The Morgan fingerprint density at radius 1 is 1.05 bits per heavy atom. The summed E-state index contributed by atoms with van der Waals surface area (Å²) in [5.74, 6) is 0.00438. The van der Waals surface area contributed by atoms with Crippen molar-refractivity contribution >= 4 is 5.78 Å². The Hall–Kier alpha value is -1.19. The van der Waals surface area contributed by atoms with E-state index in [9.17, 15) is 4.79 Å². The van der Waals surface area contributed by atoms with E-state index < -0.39 is 11.9 Å². The topological polar surface area (TPSA) is 35.5 Å². The van der Waals surface area contributed by atoms with Gasteiger partial charge in [-0.1, -0.05) is 36.8 Å². The number of benzene rings is 1. The molecule has 2 aliphatic heterocycles. The van der Waals surface area contributed by atoms with Crippen molar-refractivity contribution in [1.82, 2.24) is 0 Å². The number of rotatable bonds is 1. The van der Waals surface area contributed by atoms with Gasteiger partial charge < -0.3 is 9.47 Å². The smallest absolute Gasteiger partial charge is 0.173 e. The minimum atomic E-state index is -0.475. The third-order valence-electron chi connectivity index (χ3n) is 4.77. The highest BCUT2D eigenvalue weighted by molar-refractivity contribution is 5.85. The number of ether oxygens (including phenoxy) is 2. The molecule has 19 heavy (non-hydrogen) atoms. The zero-order valence-electron chi connectivity index (χ0n) is 10.9. The summed E-state index contributed by atoms with van der Waals surface area (Å²) in [6, 6.07) is 10.0. The highest BCUT2D eigenvalue weighted by atomic mass is 16.8.